The summed E-state index contributed by atoms with van der Waals surface area (Å²) in [6.07, 6.45) is 8.73. The van der Waals surface area contributed by atoms with Crippen LogP contribution in [0.25, 0.3) is 0 Å². The topological polar surface area (TPSA) is 105 Å². The number of ether oxygens (including phenoxy) is 1. The largest absolute Gasteiger partial charge is 0.479 e. The summed E-state index contributed by atoms with van der Waals surface area (Å²) in [6.45, 7) is -0.0251. The van der Waals surface area contributed by atoms with Crippen LogP contribution in [0.5, 0.6) is 0 Å². The average molecular weight is 368 g/mol. The summed E-state index contributed by atoms with van der Waals surface area (Å²) in [6, 6.07) is 0.154. The first-order chi connectivity index (χ1) is 12.5. The van der Waals surface area contributed by atoms with Crippen LogP contribution in [0.2, 0.25) is 0 Å². The SMILES string of the molecule is COC(CNC(=O)C1CCC(NC(=O)CC2CCCCC2)CC1)C(=O)O. The monoisotopic (exact) mass is 368 g/mol. The number of nitrogens with one attached hydrogen (secondary N) is 2. The summed E-state index contributed by atoms with van der Waals surface area (Å²) in [5, 5.41) is 14.7. The van der Waals surface area contributed by atoms with E-state index >= 15 is 0 Å². The highest BCUT2D eigenvalue weighted by atomic mass is 16.5. The van der Waals surface area contributed by atoms with Gasteiger partial charge in [-0.15, -0.1) is 0 Å². The van der Waals surface area contributed by atoms with E-state index in [1.54, 1.807) is 0 Å². The van der Waals surface area contributed by atoms with Crippen molar-refractivity contribution in [3.63, 3.8) is 0 Å². The third-order valence-electron chi connectivity index (χ3n) is 5.68. The molecule has 0 saturated heterocycles. The Balaban J connectivity index is 1.65. The Labute approximate surface area is 155 Å². The van der Waals surface area contributed by atoms with Gasteiger partial charge in [0.05, 0.1) is 6.54 Å². The Kier molecular flexibility index (Phi) is 8.35. The van der Waals surface area contributed by atoms with Gasteiger partial charge in [0.25, 0.3) is 0 Å². The minimum absolute atomic E-state index is 0.0251. The Bertz CT molecular complexity index is 482. The van der Waals surface area contributed by atoms with Crippen molar-refractivity contribution in [1.82, 2.24) is 10.6 Å². The highest BCUT2D eigenvalue weighted by Crippen LogP contribution is 2.27. The van der Waals surface area contributed by atoms with Gasteiger partial charge in [-0.25, -0.2) is 4.79 Å². The molecule has 0 aliphatic heterocycles. The maximum Gasteiger partial charge on any atom is 0.334 e. The number of carbonyl (C=O) groups excluding carboxylic acids is 2. The van der Waals surface area contributed by atoms with Crippen molar-refractivity contribution in [2.45, 2.75) is 76.4 Å². The molecule has 2 aliphatic carbocycles. The van der Waals surface area contributed by atoms with Crippen molar-refractivity contribution in [1.29, 1.82) is 0 Å². The summed E-state index contributed by atoms with van der Waals surface area (Å²) in [5.74, 6) is -0.645. The third-order valence-corrected chi connectivity index (χ3v) is 5.68. The van der Waals surface area contributed by atoms with Gasteiger partial charge < -0.3 is 20.5 Å². The smallest absolute Gasteiger partial charge is 0.334 e. The van der Waals surface area contributed by atoms with Crippen LogP contribution in [0.15, 0.2) is 0 Å². The van der Waals surface area contributed by atoms with E-state index in [4.69, 9.17) is 9.84 Å². The van der Waals surface area contributed by atoms with Crippen molar-refractivity contribution in [2.75, 3.05) is 13.7 Å². The molecule has 2 fully saturated rings. The Morgan fingerprint density at radius 3 is 2.27 bits per heavy atom. The first-order valence-electron chi connectivity index (χ1n) is 9.82. The fourth-order valence-electron chi connectivity index (χ4n) is 4.05. The molecular formula is C19H32N2O5. The summed E-state index contributed by atoms with van der Waals surface area (Å²) in [4.78, 5) is 35.3. The van der Waals surface area contributed by atoms with Crippen molar-refractivity contribution in [3.05, 3.63) is 0 Å². The number of hydrogen-bond donors (Lipinski definition) is 3. The van der Waals surface area contributed by atoms with E-state index in [9.17, 15) is 14.4 Å². The highest BCUT2D eigenvalue weighted by Gasteiger charge is 2.28. The summed E-state index contributed by atoms with van der Waals surface area (Å²) in [7, 11) is 1.31. The molecule has 1 atom stereocenters. The minimum atomic E-state index is -1.09. The van der Waals surface area contributed by atoms with E-state index in [2.05, 4.69) is 10.6 Å². The zero-order valence-electron chi connectivity index (χ0n) is 15.7. The van der Waals surface area contributed by atoms with Crippen LogP contribution >= 0.6 is 0 Å². The maximum absolute atomic E-state index is 12.2. The van der Waals surface area contributed by atoms with Crippen LogP contribution in [-0.2, 0) is 19.1 Å². The molecule has 0 spiro atoms. The molecule has 26 heavy (non-hydrogen) atoms. The van der Waals surface area contributed by atoms with Gasteiger partial charge in [0.2, 0.25) is 11.8 Å². The van der Waals surface area contributed by atoms with E-state index < -0.39 is 12.1 Å². The van der Waals surface area contributed by atoms with E-state index in [1.165, 1.54) is 39.2 Å². The van der Waals surface area contributed by atoms with Crippen molar-refractivity contribution in [2.24, 2.45) is 11.8 Å². The fraction of sp³-hybridized carbons (Fsp3) is 0.842. The van der Waals surface area contributed by atoms with E-state index in [1.807, 2.05) is 0 Å². The van der Waals surface area contributed by atoms with Crippen LogP contribution in [0.4, 0.5) is 0 Å². The Hall–Kier alpha value is -1.63. The number of rotatable bonds is 8. The van der Waals surface area contributed by atoms with Gasteiger partial charge in [0.15, 0.2) is 6.10 Å². The summed E-state index contributed by atoms with van der Waals surface area (Å²) in [5.41, 5.74) is 0. The second kappa shape index (κ2) is 10.5. The van der Waals surface area contributed by atoms with E-state index in [0.717, 1.165) is 12.8 Å². The van der Waals surface area contributed by atoms with E-state index in [-0.39, 0.29) is 30.3 Å². The maximum atomic E-state index is 12.2. The van der Waals surface area contributed by atoms with Crippen molar-refractivity contribution >= 4 is 17.8 Å². The normalized spacial score (nSPS) is 25.3. The van der Waals surface area contributed by atoms with Crippen LogP contribution < -0.4 is 10.6 Å². The zero-order valence-corrected chi connectivity index (χ0v) is 15.7. The van der Waals surface area contributed by atoms with Crippen LogP contribution in [0, 0.1) is 11.8 Å². The lowest BCUT2D eigenvalue weighted by molar-refractivity contribution is -0.148. The molecule has 0 heterocycles. The van der Waals surface area contributed by atoms with E-state index in [0.29, 0.717) is 25.2 Å². The van der Waals surface area contributed by atoms with Crippen molar-refractivity contribution < 1.29 is 24.2 Å². The lowest BCUT2D eigenvalue weighted by Crippen LogP contribution is -2.43. The number of methoxy groups -OCH3 is 1. The predicted octanol–water partition coefficient (Wildman–Crippen LogP) is 1.85. The number of carbonyl (C=O) groups is 3. The summed E-state index contributed by atoms with van der Waals surface area (Å²) < 4.78 is 4.81. The van der Waals surface area contributed by atoms with Gasteiger partial charge in [-0.3, -0.25) is 9.59 Å². The van der Waals surface area contributed by atoms with Gasteiger partial charge in [-0.1, -0.05) is 19.3 Å². The molecule has 0 aromatic heterocycles. The van der Waals surface area contributed by atoms with Crippen LogP contribution in [-0.4, -0.2) is 48.7 Å². The number of carboxylic acids is 1. The molecule has 0 aromatic carbocycles. The molecule has 7 nitrogen and oxygen atoms in total. The molecule has 0 radical (unpaired) electrons. The molecule has 7 heteroatoms. The second-order valence-corrected chi connectivity index (χ2v) is 7.63. The second-order valence-electron chi connectivity index (χ2n) is 7.63. The minimum Gasteiger partial charge on any atom is -0.479 e. The lowest BCUT2D eigenvalue weighted by Gasteiger charge is -2.29. The molecule has 0 aromatic rings. The first kappa shape index (κ1) is 20.7. The lowest BCUT2D eigenvalue weighted by atomic mass is 9.84. The van der Waals surface area contributed by atoms with Crippen LogP contribution in [0.3, 0.4) is 0 Å². The molecule has 2 rings (SSSR count). The average Bonchev–Trinajstić information content (AvgIpc) is 2.63. The molecule has 1 unspecified atom stereocenters. The predicted molar refractivity (Wildman–Crippen MR) is 96.5 cm³/mol. The standard InChI is InChI=1S/C19H32N2O5/c1-26-16(19(24)25)12-20-18(23)14-7-9-15(10-8-14)21-17(22)11-13-5-3-2-4-6-13/h13-16H,2-12H2,1H3,(H,20,23)(H,21,22)(H,24,25). The molecule has 2 aliphatic rings. The van der Waals surface area contributed by atoms with Crippen molar-refractivity contribution in [3.8, 4) is 0 Å². The van der Waals surface area contributed by atoms with Gasteiger partial charge >= 0.3 is 5.97 Å². The number of aliphatic carboxylic acids is 1. The van der Waals surface area contributed by atoms with Gasteiger partial charge in [-0.2, -0.15) is 0 Å². The molecular weight excluding hydrogens is 336 g/mol. The Morgan fingerprint density at radius 2 is 1.69 bits per heavy atom. The number of amides is 2. The van der Waals surface area contributed by atoms with Gasteiger partial charge in [-0.05, 0) is 44.4 Å². The first-order valence-corrected chi connectivity index (χ1v) is 9.82. The molecule has 3 N–H and O–H groups in total. The summed E-state index contributed by atoms with van der Waals surface area (Å²) >= 11 is 0. The van der Waals surface area contributed by atoms with Gasteiger partial charge in [0.1, 0.15) is 0 Å². The quantitative estimate of drug-likeness (QED) is 0.606. The molecule has 2 amide bonds. The Morgan fingerprint density at radius 1 is 1.04 bits per heavy atom. The molecule has 148 valence electrons. The number of hydrogen-bond acceptors (Lipinski definition) is 4. The van der Waals surface area contributed by atoms with Crippen LogP contribution in [0.1, 0.15) is 64.2 Å². The zero-order chi connectivity index (χ0) is 18.9. The van der Waals surface area contributed by atoms with Gasteiger partial charge in [0, 0.05) is 25.5 Å². The number of carboxylic acid groups (broad SMARTS) is 1. The molecule has 0 bridgehead atoms. The highest BCUT2D eigenvalue weighted by molar-refractivity contribution is 5.80. The fourth-order valence-corrected chi connectivity index (χ4v) is 4.05. The third kappa shape index (κ3) is 6.59. The molecule has 2 saturated carbocycles.